The maximum absolute atomic E-state index is 12.8. The average Bonchev–Trinajstić information content (AvgIpc) is 3.03. The molecule has 8 heteroatoms. The van der Waals surface area contributed by atoms with E-state index in [1.807, 2.05) is 48.7 Å². The summed E-state index contributed by atoms with van der Waals surface area (Å²) in [5.41, 5.74) is 1.77. The van der Waals surface area contributed by atoms with Crippen LogP contribution in [0.15, 0.2) is 64.5 Å². The van der Waals surface area contributed by atoms with Crippen LogP contribution in [0.25, 0.3) is 0 Å². The third-order valence-corrected chi connectivity index (χ3v) is 6.49. The summed E-state index contributed by atoms with van der Waals surface area (Å²) in [7, 11) is 0. The molecule has 1 N–H and O–H groups in total. The Bertz CT molecular complexity index is 919. The van der Waals surface area contributed by atoms with Crippen LogP contribution >= 0.6 is 23.5 Å². The number of aliphatic imine (C=N–C) groups is 1. The highest BCUT2D eigenvalue weighted by molar-refractivity contribution is 8.15. The van der Waals surface area contributed by atoms with E-state index in [0.29, 0.717) is 18.5 Å². The lowest BCUT2D eigenvalue weighted by molar-refractivity contribution is -0.128. The monoisotopic (exact) mass is 412 g/mol. The molecule has 2 heterocycles. The van der Waals surface area contributed by atoms with Gasteiger partial charge in [0.05, 0.1) is 0 Å². The van der Waals surface area contributed by atoms with Gasteiger partial charge in [0.1, 0.15) is 18.6 Å². The number of fused-ring (bicyclic) bond motifs is 1. The molecule has 2 aromatic rings. The molecule has 2 aliphatic heterocycles. The van der Waals surface area contributed by atoms with Crippen molar-refractivity contribution >= 4 is 51.9 Å². The smallest absolute Gasteiger partial charge is 0.244 e. The molecule has 0 saturated carbocycles. The molecule has 0 aromatic heterocycles. The number of carbonyl (C=O) groups is 2. The van der Waals surface area contributed by atoms with Crippen LogP contribution in [-0.4, -0.2) is 46.7 Å². The minimum absolute atomic E-state index is 0.0577. The van der Waals surface area contributed by atoms with E-state index in [0.717, 1.165) is 11.4 Å². The number of amides is 2. The van der Waals surface area contributed by atoms with E-state index < -0.39 is 5.25 Å². The number of benzene rings is 2. The summed E-state index contributed by atoms with van der Waals surface area (Å²) >= 11 is 3.06. The van der Waals surface area contributed by atoms with Gasteiger partial charge in [-0.1, -0.05) is 36.0 Å². The van der Waals surface area contributed by atoms with Crippen LogP contribution in [0.2, 0.25) is 0 Å². The zero-order valence-corrected chi connectivity index (χ0v) is 17.0. The topological polar surface area (TPSA) is 65.0 Å². The van der Waals surface area contributed by atoms with Crippen LogP contribution in [-0.2, 0) is 9.59 Å². The predicted octanol–water partition coefficient (Wildman–Crippen LogP) is 3.47. The molecule has 1 fully saturated rings. The van der Waals surface area contributed by atoms with E-state index >= 15 is 0 Å². The van der Waals surface area contributed by atoms with Crippen LogP contribution in [0.5, 0.6) is 0 Å². The number of hydrogen-bond acceptors (Lipinski definition) is 6. The fraction of sp³-hybridized carbons (Fsp3) is 0.250. The van der Waals surface area contributed by atoms with Crippen LogP contribution in [0.1, 0.15) is 6.42 Å². The molecule has 2 aliphatic rings. The Kier molecular flexibility index (Phi) is 5.59. The Balaban J connectivity index is 1.40. The van der Waals surface area contributed by atoms with Crippen molar-refractivity contribution < 1.29 is 9.59 Å². The highest BCUT2D eigenvalue weighted by Gasteiger charge is 2.41. The van der Waals surface area contributed by atoms with Gasteiger partial charge in [-0.15, -0.1) is 11.8 Å². The van der Waals surface area contributed by atoms with Crippen LogP contribution in [0.4, 0.5) is 11.4 Å². The molecule has 1 atom stereocenters. The summed E-state index contributed by atoms with van der Waals surface area (Å²) in [5, 5.41) is 3.12. The molecular weight excluding hydrogens is 392 g/mol. The van der Waals surface area contributed by atoms with E-state index in [1.165, 1.54) is 16.7 Å². The number of para-hydroxylation sites is 1. The maximum Gasteiger partial charge on any atom is 0.244 e. The van der Waals surface area contributed by atoms with E-state index in [-0.39, 0.29) is 18.2 Å². The van der Waals surface area contributed by atoms with E-state index in [2.05, 4.69) is 27.3 Å². The largest absolute Gasteiger partial charge is 0.334 e. The quantitative estimate of drug-likeness (QED) is 0.762. The van der Waals surface area contributed by atoms with Gasteiger partial charge in [0.25, 0.3) is 0 Å². The molecule has 0 bridgehead atoms. The number of hydrogen-bond donors (Lipinski definition) is 1. The van der Waals surface area contributed by atoms with Gasteiger partial charge in [-0.3, -0.25) is 14.5 Å². The second kappa shape index (κ2) is 8.28. The standard InChI is InChI=1S/C20H20N4O2S2/c1-27-16-9-5-8-15(10-16)23-12-21-20-24(13-23)19(26)17(28-20)11-18(25)22-14-6-3-2-4-7-14/h2-10,17H,11-13H2,1H3,(H,22,25). The van der Waals surface area contributed by atoms with Gasteiger partial charge in [0.2, 0.25) is 11.8 Å². The van der Waals surface area contributed by atoms with Gasteiger partial charge >= 0.3 is 0 Å². The van der Waals surface area contributed by atoms with Crippen molar-refractivity contribution in [3.05, 3.63) is 54.6 Å². The van der Waals surface area contributed by atoms with E-state index in [9.17, 15) is 9.59 Å². The molecule has 4 rings (SSSR count). The third-order valence-electron chi connectivity index (χ3n) is 4.56. The first-order valence-corrected chi connectivity index (χ1v) is 11.0. The van der Waals surface area contributed by atoms with Crippen molar-refractivity contribution in [3.63, 3.8) is 0 Å². The van der Waals surface area contributed by atoms with Crippen molar-refractivity contribution in [3.8, 4) is 0 Å². The Hall–Kier alpha value is -2.45. The second-order valence-electron chi connectivity index (χ2n) is 6.46. The van der Waals surface area contributed by atoms with Crippen LogP contribution < -0.4 is 10.2 Å². The number of rotatable bonds is 5. The summed E-state index contributed by atoms with van der Waals surface area (Å²) in [5.74, 6) is -0.222. The molecule has 0 radical (unpaired) electrons. The summed E-state index contributed by atoms with van der Waals surface area (Å²) in [4.78, 5) is 34.7. The summed E-state index contributed by atoms with van der Waals surface area (Å²) < 4.78 is 0. The highest BCUT2D eigenvalue weighted by atomic mass is 32.2. The molecule has 144 valence electrons. The zero-order chi connectivity index (χ0) is 19.5. The summed E-state index contributed by atoms with van der Waals surface area (Å²) in [6.07, 6.45) is 2.17. The normalized spacial score (nSPS) is 18.7. The molecule has 28 heavy (non-hydrogen) atoms. The zero-order valence-electron chi connectivity index (χ0n) is 15.4. The number of nitrogens with one attached hydrogen (secondary N) is 1. The lowest BCUT2D eigenvalue weighted by Gasteiger charge is -2.32. The SMILES string of the molecule is CSc1cccc(N2CN=C3SC(CC(=O)Nc4ccccc4)C(=O)N3C2)c1. The lowest BCUT2D eigenvalue weighted by atomic mass is 10.2. The van der Waals surface area contributed by atoms with Crippen LogP contribution in [0, 0.1) is 0 Å². The number of carbonyl (C=O) groups excluding carboxylic acids is 2. The summed E-state index contributed by atoms with van der Waals surface area (Å²) in [6, 6.07) is 17.5. The van der Waals surface area contributed by atoms with Gasteiger partial charge in [-0.2, -0.15) is 0 Å². The first-order chi connectivity index (χ1) is 13.6. The van der Waals surface area contributed by atoms with Gasteiger partial charge in [-0.05, 0) is 36.6 Å². The molecule has 2 aromatic carbocycles. The fourth-order valence-corrected chi connectivity index (χ4v) is 4.70. The Morgan fingerprint density at radius 1 is 1.25 bits per heavy atom. The molecule has 0 aliphatic carbocycles. The van der Waals surface area contributed by atoms with Gasteiger partial charge in [0.15, 0.2) is 5.17 Å². The fourth-order valence-electron chi connectivity index (χ4n) is 3.12. The van der Waals surface area contributed by atoms with Crippen LogP contribution in [0.3, 0.4) is 0 Å². The van der Waals surface area contributed by atoms with Crippen molar-refractivity contribution in [1.29, 1.82) is 0 Å². The van der Waals surface area contributed by atoms with Gasteiger partial charge < -0.3 is 10.2 Å². The molecule has 0 spiro atoms. The van der Waals surface area contributed by atoms with E-state index in [1.54, 1.807) is 16.7 Å². The molecule has 2 amide bonds. The Morgan fingerprint density at radius 3 is 2.86 bits per heavy atom. The molecule has 6 nitrogen and oxygen atoms in total. The van der Waals surface area contributed by atoms with Crippen molar-refractivity contribution in [1.82, 2.24) is 4.90 Å². The molecule has 1 saturated heterocycles. The summed E-state index contributed by atoms with van der Waals surface area (Å²) in [6.45, 7) is 0.964. The highest BCUT2D eigenvalue weighted by Crippen LogP contribution is 2.33. The first-order valence-electron chi connectivity index (χ1n) is 8.90. The Morgan fingerprint density at radius 2 is 2.07 bits per heavy atom. The minimum atomic E-state index is -0.431. The minimum Gasteiger partial charge on any atom is -0.334 e. The third kappa shape index (κ3) is 4.02. The average molecular weight is 413 g/mol. The number of amidine groups is 1. The van der Waals surface area contributed by atoms with Crippen molar-refractivity contribution in [2.24, 2.45) is 4.99 Å². The number of anilines is 2. The van der Waals surface area contributed by atoms with Crippen molar-refractivity contribution in [2.75, 3.05) is 29.8 Å². The predicted molar refractivity (Wildman–Crippen MR) is 116 cm³/mol. The van der Waals surface area contributed by atoms with Gasteiger partial charge in [-0.25, -0.2) is 4.99 Å². The van der Waals surface area contributed by atoms with Gasteiger partial charge in [0, 0.05) is 22.7 Å². The van der Waals surface area contributed by atoms with E-state index in [4.69, 9.17) is 0 Å². The number of thioether (sulfide) groups is 2. The molecular formula is C20H20N4O2S2. The maximum atomic E-state index is 12.8. The lowest BCUT2D eigenvalue weighted by Crippen LogP contribution is -2.46. The first kappa shape index (κ1) is 18.9. The Labute approximate surface area is 172 Å². The van der Waals surface area contributed by atoms with Crippen molar-refractivity contribution in [2.45, 2.75) is 16.6 Å². The molecule has 1 unspecified atom stereocenters. The number of nitrogens with zero attached hydrogens (tertiary/aromatic N) is 3. The second-order valence-corrected chi connectivity index (χ2v) is 8.51.